The van der Waals surface area contributed by atoms with E-state index >= 15 is 0 Å². The minimum atomic E-state index is -0.698. The number of aliphatic hydroxyl groups excluding tert-OH is 1. The van der Waals surface area contributed by atoms with E-state index in [9.17, 15) is 9.90 Å². The van der Waals surface area contributed by atoms with Crippen molar-refractivity contribution in [2.75, 3.05) is 25.7 Å². The van der Waals surface area contributed by atoms with Crippen molar-refractivity contribution in [3.8, 4) is 12.0 Å². The molecule has 0 aromatic carbocycles. The number of hydrogen-bond acceptors (Lipinski definition) is 7. The van der Waals surface area contributed by atoms with E-state index in [2.05, 4.69) is 15.0 Å². The van der Waals surface area contributed by atoms with Crippen molar-refractivity contribution in [3.63, 3.8) is 0 Å². The summed E-state index contributed by atoms with van der Waals surface area (Å²) in [4.78, 5) is 24.5. The van der Waals surface area contributed by atoms with Crippen LogP contribution in [0.15, 0.2) is 0 Å². The largest absolute Gasteiger partial charge is 0.467 e. The number of methoxy groups -OCH3 is 2. The number of nitrogens with zero attached hydrogens (tertiary/aromatic N) is 4. The van der Waals surface area contributed by atoms with Crippen molar-refractivity contribution in [3.05, 3.63) is 0 Å². The van der Waals surface area contributed by atoms with Gasteiger partial charge in [-0.25, -0.2) is 0 Å². The Morgan fingerprint density at radius 3 is 2.24 bits per heavy atom. The van der Waals surface area contributed by atoms with Crippen molar-refractivity contribution >= 4 is 11.9 Å². The maximum atomic E-state index is 11.6. The predicted octanol–water partition coefficient (Wildman–Crippen LogP) is -1.01. The number of hydrogen-bond donors (Lipinski definition) is 1. The van der Waals surface area contributed by atoms with Gasteiger partial charge in [-0.2, -0.15) is 9.97 Å². The summed E-state index contributed by atoms with van der Waals surface area (Å²) in [5.41, 5.74) is 0. The SMILES string of the molecule is COc1nc(OC)nc(N2CC(O)CC2=O)n1. The van der Waals surface area contributed by atoms with Crippen LogP contribution in [0.5, 0.6) is 12.0 Å². The Hall–Kier alpha value is -1.96. The van der Waals surface area contributed by atoms with E-state index < -0.39 is 6.10 Å². The monoisotopic (exact) mass is 240 g/mol. The van der Waals surface area contributed by atoms with Crippen molar-refractivity contribution in [1.29, 1.82) is 0 Å². The fourth-order valence-corrected chi connectivity index (χ4v) is 1.51. The van der Waals surface area contributed by atoms with Crippen LogP contribution in [-0.4, -0.2) is 52.8 Å². The third-order valence-electron chi connectivity index (χ3n) is 2.29. The van der Waals surface area contributed by atoms with Gasteiger partial charge in [0.2, 0.25) is 11.9 Å². The van der Waals surface area contributed by atoms with E-state index in [1.807, 2.05) is 0 Å². The molecule has 1 saturated heterocycles. The number of aromatic nitrogens is 3. The van der Waals surface area contributed by atoms with Gasteiger partial charge in [-0.05, 0) is 0 Å². The molecule has 1 aliphatic heterocycles. The van der Waals surface area contributed by atoms with Crippen LogP contribution in [0.2, 0.25) is 0 Å². The molecule has 8 heteroatoms. The van der Waals surface area contributed by atoms with E-state index in [1.165, 1.54) is 19.1 Å². The van der Waals surface area contributed by atoms with Gasteiger partial charge in [-0.15, -0.1) is 4.98 Å². The molecule has 1 amide bonds. The van der Waals surface area contributed by atoms with Crippen LogP contribution >= 0.6 is 0 Å². The van der Waals surface area contributed by atoms with Crippen LogP contribution in [0.25, 0.3) is 0 Å². The van der Waals surface area contributed by atoms with Crippen molar-refractivity contribution in [2.24, 2.45) is 0 Å². The average molecular weight is 240 g/mol. The smallest absolute Gasteiger partial charge is 0.324 e. The Morgan fingerprint density at radius 1 is 1.24 bits per heavy atom. The first-order valence-electron chi connectivity index (χ1n) is 4.96. The molecule has 2 heterocycles. The molecule has 92 valence electrons. The molecule has 0 saturated carbocycles. The highest BCUT2D eigenvalue weighted by Gasteiger charge is 2.31. The lowest BCUT2D eigenvalue weighted by Crippen LogP contribution is -2.27. The number of aliphatic hydroxyl groups is 1. The zero-order valence-electron chi connectivity index (χ0n) is 9.45. The molecular formula is C9H12N4O4. The molecule has 0 spiro atoms. The number of carbonyl (C=O) groups is 1. The lowest BCUT2D eigenvalue weighted by molar-refractivity contribution is -0.117. The Bertz CT molecular complexity index is 417. The van der Waals surface area contributed by atoms with Crippen LogP contribution in [0.3, 0.4) is 0 Å². The van der Waals surface area contributed by atoms with Gasteiger partial charge in [0, 0.05) is 0 Å². The van der Waals surface area contributed by atoms with E-state index in [1.54, 1.807) is 0 Å². The maximum Gasteiger partial charge on any atom is 0.324 e. The van der Waals surface area contributed by atoms with Gasteiger partial charge in [0.15, 0.2) is 0 Å². The van der Waals surface area contributed by atoms with Crippen LogP contribution in [0, 0.1) is 0 Å². The third kappa shape index (κ3) is 2.26. The third-order valence-corrected chi connectivity index (χ3v) is 2.29. The van der Waals surface area contributed by atoms with Gasteiger partial charge >= 0.3 is 12.0 Å². The van der Waals surface area contributed by atoms with Gasteiger partial charge in [-0.1, -0.05) is 0 Å². The normalized spacial score (nSPS) is 19.6. The predicted molar refractivity (Wildman–Crippen MR) is 55.9 cm³/mol. The lowest BCUT2D eigenvalue weighted by Gasteiger charge is -2.14. The quantitative estimate of drug-likeness (QED) is 0.722. The molecule has 17 heavy (non-hydrogen) atoms. The fourth-order valence-electron chi connectivity index (χ4n) is 1.51. The summed E-state index contributed by atoms with van der Waals surface area (Å²) in [6.07, 6.45) is -0.632. The summed E-state index contributed by atoms with van der Waals surface area (Å²) in [5, 5.41) is 9.39. The molecule has 1 aliphatic rings. The molecule has 1 unspecified atom stereocenters. The second-order valence-corrected chi connectivity index (χ2v) is 3.47. The summed E-state index contributed by atoms with van der Waals surface area (Å²) in [5.74, 6) is -0.122. The standard InChI is InChI=1S/C9H12N4O4/c1-16-8-10-7(11-9(12-8)17-2)13-4-5(14)3-6(13)15/h5,14H,3-4H2,1-2H3. The average Bonchev–Trinajstić information content (AvgIpc) is 2.67. The Kier molecular flexibility index (Phi) is 3.05. The van der Waals surface area contributed by atoms with Gasteiger partial charge in [-0.3, -0.25) is 9.69 Å². The molecule has 1 fully saturated rings. The molecule has 0 aliphatic carbocycles. The highest BCUT2D eigenvalue weighted by atomic mass is 16.5. The number of ether oxygens (including phenoxy) is 2. The summed E-state index contributed by atoms with van der Waals surface area (Å²) in [6.45, 7) is 0.162. The zero-order chi connectivity index (χ0) is 12.4. The zero-order valence-corrected chi connectivity index (χ0v) is 9.45. The van der Waals surface area contributed by atoms with Gasteiger partial charge in [0.05, 0.1) is 33.3 Å². The molecule has 8 nitrogen and oxygen atoms in total. The Morgan fingerprint density at radius 2 is 1.82 bits per heavy atom. The number of anilines is 1. The Balaban J connectivity index is 2.34. The number of β-amino-alcohol motifs (C(OH)–C–C–N with tert-alkyl or cyclic N) is 1. The van der Waals surface area contributed by atoms with E-state index in [4.69, 9.17) is 9.47 Å². The fraction of sp³-hybridized carbons (Fsp3) is 0.556. The van der Waals surface area contributed by atoms with Crippen molar-refractivity contribution < 1.29 is 19.4 Å². The maximum absolute atomic E-state index is 11.6. The number of amides is 1. The van der Waals surface area contributed by atoms with Gasteiger partial charge in [0.25, 0.3) is 0 Å². The second kappa shape index (κ2) is 4.50. The second-order valence-electron chi connectivity index (χ2n) is 3.47. The van der Waals surface area contributed by atoms with Crippen LogP contribution in [0.1, 0.15) is 6.42 Å². The van der Waals surface area contributed by atoms with Gasteiger partial charge in [0.1, 0.15) is 0 Å². The molecule has 2 rings (SSSR count). The topological polar surface area (TPSA) is 97.7 Å². The minimum Gasteiger partial charge on any atom is -0.467 e. The van der Waals surface area contributed by atoms with E-state index in [0.717, 1.165) is 0 Å². The van der Waals surface area contributed by atoms with Crippen LogP contribution in [-0.2, 0) is 4.79 Å². The van der Waals surface area contributed by atoms with Gasteiger partial charge < -0.3 is 14.6 Å². The summed E-state index contributed by atoms with van der Waals surface area (Å²) in [7, 11) is 2.80. The summed E-state index contributed by atoms with van der Waals surface area (Å²) >= 11 is 0. The Labute approximate surface area is 97.2 Å². The van der Waals surface area contributed by atoms with Crippen molar-refractivity contribution in [1.82, 2.24) is 15.0 Å². The minimum absolute atomic E-state index is 0.0565. The first-order chi connectivity index (χ1) is 8.13. The molecule has 1 N–H and O–H groups in total. The number of rotatable bonds is 3. The van der Waals surface area contributed by atoms with E-state index in [-0.39, 0.29) is 36.8 Å². The highest BCUT2D eigenvalue weighted by Crippen LogP contribution is 2.21. The first-order valence-corrected chi connectivity index (χ1v) is 4.96. The number of carbonyl (C=O) groups excluding carboxylic acids is 1. The molecule has 1 aromatic rings. The van der Waals surface area contributed by atoms with Crippen molar-refractivity contribution in [2.45, 2.75) is 12.5 Å². The molecule has 0 bridgehead atoms. The molecule has 1 aromatic heterocycles. The molecule has 1 atom stereocenters. The van der Waals surface area contributed by atoms with Crippen LogP contribution < -0.4 is 14.4 Å². The first kappa shape index (κ1) is 11.5. The van der Waals surface area contributed by atoms with E-state index in [0.29, 0.717) is 0 Å². The summed E-state index contributed by atoms with van der Waals surface area (Å²) in [6, 6.07) is 0.113. The highest BCUT2D eigenvalue weighted by molar-refractivity contribution is 5.94. The summed E-state index contributed by atoms with van der Waals surface area (Å²) < 4.78 is 9.75. The molecule has 0 radical (unpaired) electrons. The van der Waals surface area contributed by atoms with Crippen LogP contribution in [0.4, 0.5) is 5.95 Å². The lowest BCUT2D eigenvalue weighted by atomic mass is 10.3. The molecular weight excluding hydrogens is 228 g/mol.